The zero-order valence-electron chi connectivity index (χ0n) is 11.7. The Bertz CT molecular complexity index is 823. The molecule has 0 spiro atoms. The maximum Gasteiger partial charge on any atom is 0.416 e. The standard InChI is InChI=1S/C12H8F6N2O2S2/c1-6-5-23-10(19-6)20-24(21,22)9-3-7(11(13,14)15)2-8(4-9)12(16,17)18/h2-5H,1H3,(H,19,20). The van der Waals surface area contributed by atoms with E-state index in [-0.39, 0.29) is 23.3 Å². The van der Waals surface area contributed by atoms with Crippen molar-refractivity contribution in [2.24, 2.45) is 0 Å². The summed E-state index contributed by atoms with van der Waals surface area (Å²) in [5.41, 5.74) is -2.99. The van der Waals surface area contributed by atoms with E-state index in [0.717, 1.165) is 11.3 Å². The van der Waals surface area contributed by atoms with Gasteiger partial charge in [0.2, 0.25) is 0 Å². The Hall–Kier alpha value is -1.82. The normalized spacial score (nSPS) is 13.1. The van der Waals surface area contributed by atoms with E-state index in [0.29, 0.717) is 5.69 Å². The molecule has 4 nitrogen and oxygen atoms in total. The summed E-state index contributed by atoms with van der Waals surface area (Å²) >= 11 is 0.845. The number of anilines is 1. The van der Waals surface area contributed by atoms with Crippen LogP contribution < -0.4 is 4.72 Å². The predicted octanol–water partition coefficient (Wildman–Crippen LogP) is 4.29. The van der Waals surface area contributed by atoms with E-state index < -0.39 is 38.4 Å². The van der Waals surface area contributed by atoms with Gasteiger partial charge in [-0.05, 0) is 25.1 Å². The highest BCUT2D eigenvalue weighted by Gasteiger charge is 2.38. The lowest BCUT2D eigenvalue weighted by molar-refractivity contribution is -0.143. The maximum atomic E-state index is 12.8. The molecule has 0 saturated heterocycles. The molecule has 0 fully saturated rings. The van der Waals surface area contributed by atoms with Gasteiger partial charge < -0.3 is 0 Å². The van der Waals surface area contributed by atoms with Crippen LogP contribution in [0.2, 0.25) is 0 Å². The van der Waals surface area contributed by atoms with Gasteiger partial charge in [0.25, 0.3) is 10.0 Å². The Kier molecular flexibility index (Phi) is 4.57. The molecule has 2 rings (SSSR count). The number of benzene rings is 1. The second kappa shape index (κ2) is 5.92. The zero-order valence-corrected chi connectivity index (χ0v) is 13.3. The first kappa shape index (κ1) is 18.5. The summed E-state index contributed by atoms with van der Waals surface area (Å²) in [5, 5.41) is 1.30. The van der Waals surface area contributed by atoms with Crippen molar-refractivity contribution in [1.82, 2.24) is 4.98 Å². The summed E-state index contributed by atoms with van der Waals surface area (Å²) in [6, 6.07) is 0.128. The topological polar surface area (TPSA) is 59.1 Å². The minimum Gasteiger partial charge on any atom is -0.255 e. The smallest absolute Gasteiger partial charge is 0.255 e. The van der Waals surface area contributed by atoms with Gasteiger partial charge in [-0.25, -0.2) is 13.4 Å². The molecule has 0 atom stereocenters. The fourth-order valence-electron chi connectivity index (χ4n) is 1.66. The van der Waals surface area contributed by atoms with Crippen molar-refractivity contribution in [3.8, 4) is 0 Å². The quantitative estimate of drug-likeness (QED) is 0.796. The Morgan fingerprint density at radius 2 is 1.50 bits per heavy atom. The number of halogens is 6. The molecule has 0 saturated carbocycles. The maximum absolute atomic E-state index is 12.8. The van der Waals surface area contributed by atoms with Crippen molar-refractivity contribution >= 4 is 26.5 Å². The molecule has 1 aromatic carbocycles. The van der Waals surface area contributed by atoms with E-state index in [2.05, 4.69) is 4.98 Å². The van der Waals surface area contributed by atoms with Crippen molar-refractivity contribution in [1.29, 1.82) is 0 Å². The predicted molar refractivity (Wildman–Crippen MR) is 74.1 cm³/mol. The largest absolute Gasteiger partial charge is 0.416 e. The van der Waals surface area contributed by atoms with Crippen LogP contribution in [0, 0.1) is 6.92 Å². The Morgan fingerprint density at radius 3 is 1.88 bits per heavy atom. The van der Waals surface area contributed by atoms with E-state index in [1.807, 2.05) is 4.72 Å². The lowest BCUT2D eigenvalue weighted by atomic mass is 10.1. The average Bonchev–Trinajstić information content (AvgIpc) is 2.81. The van der Waals surface area contributed by atoms with Crippen LogP contribution in [-0.2, 0) is 22.4 Å². The first-order chi connectivity index (χ1) is 10.8. The summed E-state index contributed by atoms with van der Waals surface area (Å²) in [6.45, 7) is 1.54. The van der Waals surface area contributed by atoms with Crippen LogP contribution in [-0.4, -0.2) is 13.4 Å². The summed E-state index contributed by atoms with van der Waals surface area (Å²) in [5.74, 6) is 0. The number of hydrogen-bond acceptors (Lipinski definition) is 4. The molecular formula is C12H8F6N2O2S2. The number of rotatable bonds is 3. The molecule has 0 aliphatic rings. The number of hydrogen-bond donors (Lipinski definition) is 1. The Morgan fingerprint density at radius 1 is 1.00 bits per heavy atom. The summed E-state index contributed by atoms with van der Waals surface area (Å²) in [7, 11) is -4.67. The summed E-state index contributed by atoms with van der Waals surface area (Å²) in [4.78, 5) is 2.59. The molecule has 2 aromatic rings. The van der Waals surface area contributed by atoms with Gasteiger partial charge in [-0.2, -0.15) is 26.3 Å². The molecule has 0 aliphatic carbocycles. The molecule has 0 amide bonds. The van der Waals surface area contributed by atoms with Crippen molar-refractivity contribution in [3.05, 3.63) is 40.4 Å². The van der Waals surface area contributed by atoms with Gasteiger partial charge in [0.15, 0.2) is 5.13 Å². The molecular weight excluding hydrogens is 382 g/mol. The Balaban J connectivity index is 2.55. The molecule has 132 valence electrons. The van der Waals surface area contributed by atoms with Crippen LogP contribution in [0.15, 0.2) is 28.5 Å². The van der Waals surface area contributed by atoms with Gasteiger partial charge in [-0.3, -0.25) is 4.72 Å². The third kappa shape index (κ3) is 4.17. The monoisotopic (exact) mass is 390 g/mol. The second-order valence-corrected chi connectivity index (χ2v) is 7.18. The average molecular weight is 390 g/mol. The van der Waals surface area contributed by atoms with Crippen LogP contribution in [0.1, 0.15) is 16.8 Å². The van der Waals surface area contributed by atoms with Gasteiger partial charge in [0.1, 0.15) is 0 Å². The van der Waals surface area contributed by atoms with Crippen molar-refractivity contribution < 1.29 is 34.8 Å². The third-order valence-corrected chi connectivity index (χ3v) is 5.04. The first-order valence-corrected chi connectivity index (χ1v) is 8.40. The number of sulfonamides is 1. The van der Waals surface area contributed by atoms with E-state index in [9.17, 15) is 34.8 Å². The number of nitrogens with zero attached hydrogens (tertiary/aromatic N) is 1. The van der Waals surface area contributed by atoms with Gasteiger partial charge in [0.05, 0.1) is 21.7 Å². The Labute approximate surface area is 136 Å². The molecule has 1 N–H and O–H groups in total. The van der Waals surface area contributed by atoms with Crippen molar-refractivity contribution in [3.63, 3.8) is 0 Å². The molecule has 1 aromatic heterocycles. The lowest BCUT2D eigenvalue weighted by Crippen LogP contribution is -2.17. The van der Waals surface area contributed by atoms with Crippen LogP contribution in [0.25, 0.3) is 0 Å². The highest BCUT2D eigenvalue weighted by molar-refractivity contribution is 7.93. The highest BCUT2D eigenvalue weighted by atomic mass is 32.2. The van der Waals surface area contributed by atoms with Gasteiger partial charge >= 0.3 is 12.4 Å². The number of thiazole rings is 1. The molecule has 0 aliphatic heterocycles. The third-order valence-electron chi connectivity index (χ3n) is 2.71. The fraction of sp³-hybridized carbons (Fsp3) is 0.250. The number of nitrogens with one attached hydrogen (secondary N) is 1. The molecule has 1 heterocycles. The first-order valence-electron chi connectivity index (χ1n) is 6.03. The minimum atomic E-state index is -5.14. The SMILES string of the molecule is Cc1csc(NS(=O)(=O)c2cc(C(F)(F)F)cc(C(F)(F)F)c2)n1. The van der Waals surface area contributed by atoms with Crippen molar-refractivity contribution in [2.45, 2.75) is 24.2 Å². The molecule has 0 radical (unpaired) electrons. The summed E-state index contributed by atoms with van der Waals surface area (Å²) < 4.78 is 103. The zero-order chi connectivity index (χ0) is 18.3. The van der Waals surface area contributed by atoms with Gasteiger partial charge in [-0.1, -0.05) is 0 Å². The number of alkyl halides is 6. The molecule has 24 heavy (non-hydrogen) atoms. The highest BCUT2D eigenvalue weighted by Crippen LogP contribution is 2.37. The number of aryl methyl sites for hydroxylation is 1. The van der Waals surface area contributed by atoms with Gasteiger partial charge in [-0.15, -0.1) is 11.3 Å². The van der Waals surface area contributed by atoms with Crippen molar-refractivity contribution in [2.75, 3.05) is 4.72 Å². The fourth-order valence-corrected chi connectivity index (χ4v) is 3.67. The second-order valence-electron chi connectivity index (χ2n) is 4.64. The molecule has 0 unspecified atom stereocenters. The van der Waals surface area contributed by atoms with Gasteiger partial charge in [0, 0.05) is 5.38 Å². The number of aromatic nitrogens is 1. The van der Waals surface area contributed by atoms with E-state index in [1.54, 1.807) is 6.92 Å². The van der Waals surface area contributed by atoms with Crippen LogP contribution in [0.3, 0.4) is 0 Å². The van der Waals surface area contributed by atoms with Crippen LogP contribution in [0.5, 0.6) is 0 Å². The van der Waals surface area contributed by atoms with E-state index in [1.165, 1.54) is 5.38 Å². The lowest BCUT2D eigenvalue weighted by Gasteiger charge is -2.14. The summed E-state index contributed by atoms with van der Waals surface area (Å²) in [6.07, 6.45) is -10.3. The molecule has 0 bridgehead atoms. The minimum absolute atomic E-state index is 0.137. The molecule has 12 heteroatoms. The van der Waals surface area contributed by atoms with Crippen LogP contribution >= 0.6 is 11.3 Å². The van der Waals surface area contributed by atoms with Crippen LogP contribution in [0.4, 0.5) is 31.5 Å². The van der Waals surface area contributed by atoms with E-state index in [4.69, 9.17) is 0 Å². The van der Waals surface area contributed by atoms with E-state index >= 15 is 0 Å².